The van der Waals surface area contributed by atoms with Crippen molar-refractivity contribution in [3.05, 3.63) is 72.1 Å². The number of carbonyl (C=O) groups excluding carboxylic acids is 1. The topological polar surface area (TPSA) is 89.0 Å². The second-order valence-electron chi connectivity index (χ2n) is 6.08. The summed E-state index contributed by atoms with van der Waals surface area (Å²) in [6, 6.07) is 10.3. The van der Waals surface area contributed by atoms with Gasteiger partial charge in [0.15, 0.2) is 9.84 Å². The number of amides is 1. The number of sulfone groups is 1. The zero-order chi connectivity index (χ0) is 21.2. The maximum atomic E-state index is 13.1. The lowest BCUT2D eigenvalue weighted by atomic mass is 10.1. The van der Waals surface area contributed by atoms with Gasteiger partial charge in [0.2, 0.25) is 0 Å². The summed E-state index contributed by atoms with van der Waals surface area (Å²) in [5, 5.41) is 2.56. The summed E-state index contributed by atoms with van der Waals surface area (Å²) in [6.45, 7) is 0. The monoisotopic (exact) mass is 421 g/mol. The van der Waals surface area contributed by atoms with E-state index in [2.05, 4.69) is 15.3 Å². The number of anilines is 1. The van der Waals surface area contributed by atoms with E-state index in [-0.39, 0.29) is 21.8 Å². The summed E-state index contributed by atoms with van der Waals surface area (Å²) in [4.78, 5) is 20.1. The van der Waals surface area contributed by atoms with Crippen molar-refractivity contribution >= 4 is 21.4 Å². The molecule has 29 heavy (non-hydrogen) atoms. The van der Waals surface area contributed by atoms with Crippen molar-refractivity contribution in [3.8, 4) is 11.4 Å². The Morgan fingerprint density at radius 1 is 1.00 bits per heavy atom. The average Bonchev–Trinajstić information content (AvgIpc) is 2.67. The Labute approximate surface area is 164 Å². The Morgan fingerprint density at radius 3 is 2.24 bits per heavy atom. The molecule has 0 unspecified atom stereocenters. The van der Waals surface area contributed by atoms with E-state index >= 15 is 0 Å². The van der Waals surface area contributed by atoms with Crippen LogP contribution in [0.2, 0.25) is 0 Å². The average molecular weight is 421 g/mol. The van der Waals surface area contributed by atoms with E-state index in [9.17, 15) is 26.4 Å². The number of alkyl halides is 3. The third kappa shape index (κ3) is 4.77. The molecule has 0 aliphatic rings. The van der Waals surface area contributed by atoms with Gasteiger partial charge < -0.3 is 5.32 Å². The van der Waals surface area contributed by atoms with E-state index < -0.39 is 27.5 Å². The highest BCUT2D eigenvalue weighted by Gasteiger charge is 2.34. The number of carbonyl (C=O) groups is 1. The van der Waals surface area contributed by atoms with Gasteiger partial charge in [-0.3, -0.25) is 14.8 Å². The minimum absolute atomic E-state index is 0.0213. The molecule has 6 nitrogen and oxygen atoms in total. The van der Waals surface area contributed by atoms with Crippen LogP contribution in [-0.2, 0) is 16.0 Å². The number of halogens is 3. The van der Waals surface area contributed by atoms with Crippen molar-refractivity contribution in [1.29, 1.82) is 0 Å². The molecular formula is C19H14F3N3O3S. The first kappa shape index (κ1) is 20.5. The first-order chi connectivity index (χ1) is 13.6. The molecule has 0 spiro atoms. The van der Waals surface area contributed by atoms with Gasteiger partial charge in [-0.2, -0.15) is 13.2 Å². The van der Waals surface area contributed by atoms with Crippen LogP contribution in [-0.4, -0.2) is 30.5 Å². The zero-order valence-corrected chi connectivity index (χ0v) is 15.8. The summed E-state index contributed by atoms with van der Waals surface area (Å²) in [5.74, 6) is -0.548. The number of aromatic nitrogens is 2. The van der Waals surface area contributed by atoms with E-state index in [0.717, 1.165) is 18.5 Å². The van der Waals surface area contributed by atoms with Crippen LogP contribution in [0.5, 0.6) is 0 Å². The van der Waals surface area contributed by atoms with Crippen molar-refractivity contribution in [1.82, 2.24) is 9.97 Å². The Morgan fingerprint density at radius 2 is 1.69 bits per heavy atom. The summed E-state index contributed by atoms with van der Waals surface area (Å²) in [6.07, 6.45) is -1.14. The van der Waals surface area contributed by atoms with E-state index in [1.807, 2.05) is 0 Å². The fraction of sp³-hybridized carbons (Fsp3) is 0.105. The molecule has 0 aliphatic heterocycles. The molecule has 0 saturated carbocycles. The molecule has 0 saturated heterocycles. The summed E-state index contributed by atoms with van der Waals surface area (Å²) >= 11 is 0. The number of benzene rings is 1. The number of hydrogen-bond donors (Lipinski definition) is 1. The van der Waals surface area contributed by atoms with E-state index in [1.165, 1.54) is 48.7 Å². The second-order valence-corrected chi connectivity index (χ2v) is 8.10. The van der Waals surface area contributed by atoms with Crippen molar-refractivity contribution in [2.75, 3.05) is 11.6 Å². The minimum atomic E-state index is -4.58. The number of nitrogens with one attached hydrogen (secondary N) is 1. The maximum absolute atomic E-state index is 13.1. The Balaban J connectivity index is 1.80. The first-order valence-corrected chi connectivity index (χ1v) is 10.0. The van der Waals surface area contributed by atoms with Gasteiger partial charge in [-0.05, 0) is 48.5 Å². The highest BCUT2D eigenvalue weighted by molar-refractivity contribution is 7.90. The van der Waals surface area contributed by atoms with Gasteiger partial charge in [0.1, 0.15) is 5.69 Å². The number of hydrogen-bond acceptors (Lipinski definition) is 5. The molecule has 0 fully saturated rings. The van der Waals surface area contributed by atoms with Crippen LogP contribution in [0.25, 0.3) is 11.4 Å². The summed E-state index contributed by atoms with van der Waals surface area (Å²) < 4.78 is 62.3. The molecule has 1 N–H and O–H groups in total. The van der Waals surface area contributed by atoms with Crippen molar-refractivity contribution in [2.24, 2.45) is 0 Å². The number of pyridine rings is 2. The Kier molecular flexibility index (Phi) is 5.38. The molecule has 1 amide bonds. The van der Waals surface area contributed by atoms with Crippen molar-refractivity contribution in [2.45, 2.75) is 11.1 Å². The quantitative estimate of drug-likeness (QED) is 0.692. The third-order valence-corrected chi connectivity index (χ3v) is 5.05. The largest absolute Gasteiger partial charge is 0.418 e. The molecular weight excluding hydrogens is 407 g/mol. The summed E-state index contributed by atoms with van der Waals surface area (Å²) in [5.41, 5.74) is -0.799. The predicted molar refractivity (Wildman–Crippen MR) is 100.0 cm³/mol. The number of nitrogens with zero attached hydrogens (tertiary/aromatic N) is 2. The minimum Gasteiger partial charge on any atom is -0.322 e. The van der Waals surface area contributed by atoms with Crippen LogP contribution in [0, 0.1) is 0 Å². The molecule has 1 aromatic carbocycles. The molecule has 3 aromatic rings. The van der Waals surface area contributed by atoms with Gasteiger partial charge in [0.05, 0.1) is 21.7 Å². The Hall–Kier alpha value is -3.27. The van der Waals surface area contributed by atoms with Crippen LogP contribution < -0.4 is 5.32 Å². The zero-order valence-electron chi connectivity index (χ0n) is 14.9. The standard InChI is InChI=1S/C19H14F3N3O3S/c1-29(27,28)14-7-5-13(6-8-14)25-18(26)12-4-9-16(24-11-12)17-15(19(20,21)22)3-2-10-23-17/h2-11H,1H3,(H,25,26). The Bertz CT molecular complexity index is 1140. The highest BCUT2D eigenvalue weighted by Crippen LogP contribution is 2.34. The molecule has 0 aliphatic carbocycles. The van der Waals surface area contributed by atoms with Crippen LogP contribution in [0.15, 0.2) is 65.8 Å². The second kappa shape index (κ2) is 7.63. The summed E-state index contributed by atoms with van der Waals surface area (Å²) in [7, 11) is -3.35. The molecule has 3 rings (SSSR count). The SMILES string of the molecule is CS(=O)(=O)c1ccc(NC(=O)c2ccc(-c3ncccc3C(F)(F)F)nc2)cc1. The molecule has 0 bridgehead atoms. The maximum Gasteiger partial charge on any atom is 0.418 e. The fourth-order valence-electron chi connectivity index (χ4n) is 2.50. The lowest BCUT2D eigenvalue weighted by Crippen LogP contribution is -2.13. The van der Waals surface area contributed by atoms with Crippen LogP contribution in [0.4, 0.5) is 18.9 Å². The van der Waals surface area contributed by atoms with Crippen molar-refractivity contribution in [3.63, 3.8) is 0 Å². The van der Waals surface area contributed by atoms with Gasteiger partial charge in [-0.1, -0.05) is 0 Å². The highest BCUT2D eigenvalue weighted by atomic mass is 32.2. The van der Waals surface area contributed by atoms with Gasteiger partial charge in [0, 0.05) is 24.3 Å². The predicted octanol–water partition coefficient (Wildman–Crippen LogP) is 3.82. The van der Waals surface area contributed by atoms with Crippen LogP contribution >= 0.6 is 0 Å². The molecule has 2 heterocycles. The molecule has 10 heteroatoms. The van der Waals surface area contributed by atoms with E-state index in [4.69, 9.17) is 0 Å². The molecule has 150 valence electrons. The normalized spacial score (nSPS) is 11.9. The van der Waals surface area contributed by atoms with Crippen LogP contribution in [0.1, 0.15) is 15.9 Å². The molecule has 0 atom stereocenters. The smallest absolute Gasteiger partial charge is 0.322 e. The van der Waals surface area contributed by atoms with E-state index in [1.54, 1.807) is 0 Å². The van der Waals surface area contributed by atoms with Gasteiger partial charge in [-0.25, -0.2) is 8.42 Å². The number of rotatable bonds is 4. The fourth-order valence-corrected chi connectivity index (χ4v) is 3.13. The van der Waals surface area contributed by atoms with Gasteiger partial charge >= 0.3 is 6.18 Å². The van der Waals surface area contributed by atoms with Gasteiger partial charge in [0.25, 0.3) is 5.91 Å². The van der Waals surface area contributed by atoms with Crippen LogP contribution in [0.3, 0.4) is 0 Å². The van der Waals surface area contributed by atoms with Gasteiger partial charge in [-0.15, -0.1) is 0 Å². The lowest BCUT2D eigenvalue weighted by Gasteiger charge is -2.11. The van der Waals surface area contributed by atoms with Crippen molar-refractivity contribution < 1.29 is 26.4 Å². The molecule has 2 aromatic heterocycles. The lowest BCUT2D eigenvalue weighted by molar-refractivity contribution is -0.137. The third-order valence-electron chi connectivity index (χ3n) is 3.92. The molecule has 0 radical (unpaired) electrons. The first-order valence-electron chi connectivity index (χ1n) is 8.16. The van der Waals surface area contributed by atoms with E-state index in [0.29, 0.717) is 5.69 Å².